The molecule has 1 aromatic carbocycles. The number of allylic oxidation sites excluding steroid dienone is 3. The minimum absolute atomic E-state index is 0.0754. The van der Waals surface area contributed by atoms with E-state index in [2.05, 4.69) is 0 Å². The molecule has 0 aliphatic heterocycles. The number of carbonyl (C=O) groups excluding carboxylic acids is 1. The quantitative estimate of drug-likeness (QED) is 0.388. The molecule has 0 spiro atoms. The number of ketones is 1. The van der Waals surface area contributed by atoms with Crippen LogP contribution in [0.25, 0.3) is 0 Å². The van der Waals surface area contributed by atoms with E-state index in [9.17, 15) is 4.79 Å². The predicted octanol–water partition coefficient (Wildman–Crippen LogP) is 3.07. The molecule has 3 nitrogen and oxygen atoms in total. The van der Waals surface area contributed by atoms with Gasteiger partial charge in [0.25, 0.3) is 0 Å². The largest absolute Gasteiger partial charge is 0.468 e. The lowest BCUT2D eigenvalue weighted by molar-refractivity contribution is 0.0974. The second-order valence-corrected chi connectivity index (χ2v) is 3.99. The standard InChI is InChI=1S/C12H10Cl2O3/c13-12(14)6-2-5-11(16)9-3-1-4-10(7-9)17-8-15/h1-7,15H,8H2. The molecule has 1 aromatic rings. The minimum atomic E-state index is -0.432. The zero-order valence-corrected chi connectivity index (χ0v) is 10.3. The van der Waals surface area contributed by atoms with Crippen LogP contribution in [0.5, 0.6) is 5.75 Å². The van der Waals surface area contributed by atoms with Gasteiger partial charge in [-0.2, -0.15) is 0 Å². The molecular weight excluding hydrogens is 263 g/mol. The number of aliphatic hydroxyl groups excluding tert-OH is 1. The number of aliphatic hydroxyl groups is 1. The normalized spacial score (nSPS) is 10.3. The summed E-state index contributed by atoms with van der Waals surface area (Å²) in [6.45, 7) is -0.432. The zero-order valence-electron chi connectivity index (χ0n) is 8.77. The van der Waals surface area contributed by atoms with Crippen LogP contribution in [-0.4, -0.2) is 17.7 Å². The Morgan fingerprint density at radius 1 is 1.41 bits per heavy atom. The molecule has 0 bridgehead atoms. The molecule has 5 heteroatoms. The molecule has 1 N–H and O–H groups in total. The van der Waals surface area contributed by atoms with Gasteiger partial charge < -0.3 is 9.84 Å². The van der Waals surface area contributed by atoms with Gasteiger partial charge in [-0.15, -0.1) is 0 Å². The lowest BCUT2D eigenvalue weighted by Gasteiger charge is -2.02. The number of halogens is 2. The van der Waals surface area contributed by atoms with Gasteiger partial charge in [-0.05, 0) is 24.3 Å². The van der Waals surface area contributed by atoms with Crippen LogP contribution in [0.15, 0.2) is 47.0 Å². The summed E-state index contributed by atoms with van der Waals surface area (Å²) in [5.41, 5.74) is 0.450. The summed E-state index contributed by atoms with van der Waals surface area (Å²) >= 11 is 10.8. The van der Waals surface area contributed by atoms with Crippen LogP contribution in [0.2, 0.25) is 0 Å². The molecule has 0 aromatic heterocycles. The summed E-state index contributed by atoms with van der Waals surface area (Å²) in [6, 6.07) is 6.49. The first-order valence-electron chi connectivity index (χ1n) is 4.71. The van der Waals surface area contributed by atoms with E-state index < -0.39 is 6.79 Å². The van der Waals surface area contributed by atoms with Gasteiger partial charge >= 0.3 is 0 Å². The topological polar surface area (TPSA) is 46.5 Å². The summed E-state index contributed by atoms with van der Waals surface area (Å²) in [6.07, 6.45) is 4.19. The van der Waals surface area contributed by atoms with E-state index in [1.54, 1.807) is 18.2 Å². The van der Waals surface area contributed by atoms with Crippen molar-refractivity contribution < 1.29 is 14.6 Å². The van der Waals surface area contributed by atoms with Gasteiger partial charge in [-0.25, -0.2) is 0 Å². The van der Waals surface area contributed by atoms with E-state index in [-0.39, 0.29) is 10.3 Å². The molecule has 0 aliphatic rings. The van der Waals surface area contributed by atoms with E-state index in [1.165, 1.54) is 24.3 Å². The number of hydrogen-bond acceptors (Lipinski definition) is 3. The summed E-state index contributed by atoms with van der Waals surface area (Å²) in [4.78, 5) is 11.7. The van der Waals surface area contributed by atoms with E-state index >= 15 is 0 Å². The van der Waals surface area contributed by atoms with E-state index in [0.29, 0.717) is 11.3 Å². The number of rotatable bonds is 5. The van der Waals surface area contributed by atoms with Crippen LogP contribution in [0.3, 0.4) is 0 Å². The van der Waals surface area contributed by atoms with Crippen molar-refractivity contribution in [1.29, 1.82) is 0 Å². The van der Waals surface area contributed by atoms with E-state index in [0.717, 1.165) is 0 Å². The van der Waals surface area contributed by atoms with Gasteiger partial charge in [0.1, 0.15) is 10.2 Å². The van der Waals surface area contributed by atoms with Crippen LogP contribution in [0.4, 0.5) is 0 Å². The summed E-state index contributed by atoms with van der Waals surface area (Å²) in [7, 11) is 0. The molecule has 1 rings (SSSR count). The number of ether oxygens (including phenoxy) is 1. The van der Waals surface area contributed by atoms with Gasteiger partial charge in [0.05, 0.1) is 0 Å². The maximum atomic E-state index is 11.7. The van der Waals surface area contributed by atoms with Crippen molar-refractivity contribution >= 4 is 29.0 Å². The van der Waals surface area contributed by atoms with Crippen LogP contribution >= 0.6 is 23.2 Å². The highest BCUT2D eigenvalue weighted by atomic mass is 35.5. The molecule has 0 unspecified atom stereocenters. The first-order valence-corrected chi connectivity index (χ1v) is 5.46. The van der Waals surface area contributed by atoms with Crippen LogP contribution in [0, 0.1) is 0 Å². The Morgan fingerprint density at radius 2 is 2.18 bits per heavy atom. The van der Waals surface area contributed by atoms with Crippen molar-refractivity contribution in [1.82, 2.24) is 0 Å². The lowest BCUT2D eigenvalue weighted by Crippen LogP contribution is -1.98. The SMILES string of the molecule is O=C(C=CC=C(Cl)Cl)c1cccc(OCO)c1. The van der Waals surface area contributed by atoms with Gasteiger partial charge in [-0.3, -0.25) is 4.79 Å². The number of carbonyl (C=O) groups is 1. The molecule has 90 valence electrons. The van der Waals surface area contributed by atoms with Crippen LogP contribution in [-0.2, 0) is 0 Å². The number of hydrogen-bond donors (Lipinski definition) is 1. The molecule has 0 saturated heterocycles. The highest BCUT2D eigenvalue weighted by molar-refractivity contribution is 6.56. The third-order valence-electron chi connectivity index (χ3n) is 1.82. The first-order chi connectivity index (χ1) is 8.13. The second kappa shape index (κ2) is 7.12. The first kappa shape index (κ1) is 13.8. The van der Waals surface area contributed by atoms with Crippen molar-refractivity contribution in [3.05, 3.63) is 52.5 Å². The smallest absolute Gasteiger partial charge is 0.186 e. The predicted molar refractivity (Wildman–Crippen MR) is 67.4 cm³/mol. The Bertz CT molecular complexity index is 449. The average Bonchev–Trinajstić information content (AvgIpc) is 2.29. The third-order valence-corrected chi connectivity index (χ3v) is 2.07. The minimum Gasteiger partial charge on any atom is -0.468 e. The Morgan fingerprint density at radius 3 is 2.82 bits per heavy atom. The molecule has 17 heavy (non-hydrogen) atoms. The van der Waals surface area contributed by atoms with Crippen molar-refractivity contribution in [3.8, 4) is 5.75 Å². The Kier molecular flexibility index (Phi) is 5.77. The van der Waals surface area contributed by atoms with Gasteiger partial charge in [0, 0.05) is 5.56 Å². The maximum absolute atomic E-state index is 11.7. The third kappa shape index (κ3) is 5.04. The molecule has 0 heterocycles. The van der Waals surface area contributed by atoms with Crippen molar-refractivity contribution in [2.75, 3.05) is 6.79 Å². The summed E-state index contributed by atoms with van der Waals surface area (Å²) < 4.78 is 4.94. The van der Waals surface area contributed by atoms with Gasteiger partial charge in [-0.1, -0.05) is 41.4 Å². The monoisotopic (exact) mass is 272 g/mol. The maximum Gasteiger partial charge on any atom is 0.186 e. The fraction of sp³-hybridized carbons (Fsp3) is 0.0833. The molecular formula is C12H10Cl2O3. The van der Waals surface area contributed by atoms with Crippen LogP contribution in [0.1, 0.15) is 10.4 Å². The van der Waals surface area contributed by atoms with Crippen molar-refractivity contribution in [3.63, 3.8) is 0 Å². The van der Waals surface area contributed by atoms with Gasteiger partial charge in [0.2, 0.25) is 0 Å². The summed E-state index contributed by atoms with van der Waals surface area (Å²) in [5, 5.41) is 8.59. The second-order valence-electron chi connectivity index (χ2n) is 2.98. The van der Waals surface area contributed by atoms with Crippen LogP contribution < -0.4 is 4.74 Å². The fourth-order valence-electron chi connectivity index (χ4n) is 1.12. The highest BCUT2D eigenvalue weighted by Gasteiger charge is 2.02. The zero-order chi connectivity index (χ0) is 12.7. The Labute approximate surface area is 109 Å². The number of benzene rings is 1. The molecule has 0 amide bonds. The average molecular weight is 273 g/mol. The molecule has 0 aliphatic carbocycles. The molecule has 0 saturated carbocycles. The Balaban J connectivity index is 2.78. The van der Waals surface area contributed by atoms with E-state index in [4.69, 9.17) is 33.0 Å². The fourth-order valence-corrected chi connectivity index (χ4v) is 1.26. The van der Waals surface area contributed by atoms with Crippen molar-refractivity contribution in [2.24, 2.45) is 0 Å². The van der Waals surface area contributed by atoms with E-state index in [1.807, 2.05) is 0 Å². The van der Waals surface area contributed by atoms with Gasteiger partial charge in [0.15, 0.2) is 12.6 Å². The highest BCUT2D eigenvalue weighted by Crippen LogP contribution is 2.14. The van der Waals surface area contributed by atoms with Crippen molar-refractivity contribution in [2.45, 2.75) is 0 Å². The molecule has 0 atom stereocenters. The molecule has 0 fully saturated rings. The Hall–Kier alpha value is -1.29. The lowest BCUT2D eigenvalue weighted by atomic mass is 10.1. The molecule has 0 radical (unpaired) electrons. The summed E-state index contributed by atoms with van der Waals surface area (Å²) in [5.74, 6) is 0.219.